The van der Waals surface area contributed by atoms with Crippen LogP contribution in [-0.2, 0) is 0 Å². The Hall–Kier alpha value is -0.350. The van der Waals surface area contributed by atoms with E-state index in [0.29, 0.717) is 5.56 Å². The van der Waals surface area contributed by atoms with Crippen LogP contribution in [-0.4, -0.2) is 17.3 Å². The number of hydrogen-bond acceptors (Lipinski definition) is 1. The van der Waals surface area contributed by atoms with Gasteiger partial charge in [-0.15, -0.1) is 0 Å². The topological polar surface area (TPSA) is 29.1 Å². The quantitative estimate of drug-likeness (QED) is 0.844. The summed E-state index contributed by atoms with van der Waals surface area (Å²) in [6, 6.07) is 5.79. The molecule has 0 heterocycles. The van der Waals surface area contributed by atoms with Gasteiger partial charge in [0.1, 0.15) is 0 Å². The first-order valence-electron chi connectivity index (χ1n) is 4.68. The molecule has 1 N–H and O–H groups in total. The van der Waals surface area contributed by atoms with Crippen LogP contribution in [0.1, 0.15) is 22.8 Å². The molecule has 0 spiro atoms. The van der Waals surface area contributed by atoms with Gasteiger partial charge < -0.3 is 5.32 Å². The first kappa shape index (κ1) is 12.7. The minimum Gasteiger partial charge on any atom is -0.349 e. The van der Waals surface area contributed by atoms with E-state index < -0.39 is 0 Å². The van der Waals surface area contributed by atoms with E-state index in [2.05, 4.69) is 37.2 Å². The lowest BCUT2D eigenvalue weighted by atomic mass is 10.1. The van der Waals surface area contributed by atoms with Crippen LogP contribution in [0.2, 0.25) is 0 Å². The molecule has 0 aliphatic rings. The van der Waals surface area contributed by atoms with Crippen molar-refractivity contribution in [1.82, 2.24) is 5.32 Å². The summed E-state index contributed by atoms with van der Waals surface area (Å²) in [5, 5.41) is 3.65. The Morgan fingerprint density at radius 2 is 2.20 bits per heavy atom. The van der Waals surface area contributed by atoms with Gasteiger partial charge in [0.15, 0.2) is 0 Å². The van der Waals surface area contributed by atoms with Crippen molar-refractivity contribution in [3.63, 3.8) is 0 Å². The summed E-state index contributed by atoms with van der Waals surface area (Å²) in [7, 11) is 0. The number of rotatable bonds is 3. The van der Waals surface area contributed by atoms with Gasteiger partial charge in [-0.3, -0.25) is 4.79 Å². The van der Waals surface area contributed by atoms with Gasteiger partial charge in [-0.25, -0.2) is 0 Å². The largest absolute Gasteiger partial charge is 0.349 e. The second kappa shape index (κ2) is 5.66. The van der Waals surface area contributed by atoms with Crippen molar-refractivity contribution in [1.29, 1.82) is 0 Å². The SMILES string of the molecule is Cc1cccc(C(=O)NC(C)CBr)c1Br. The Morgan fingerprint density at radius 3 is 2.80 bits per heavy atom. The minimum absolute atomic E-state index is 0.0440. The average molecular weight is 335 g/mol. The maximum atomic E-state index is 11.8. The number of aryl methyl sites for hydroxylation is 1. The zero-order chi connectivity index (χ0) is 11.4. The van der Waals surface area contributed by atoms with E-state index in [-0.39, 0.29) is 11.9 Å². The Labute approximate surface area is 107 Å². The zero-order valence-electron chi connectivity index (χ0n) is 8.68. The van der Waals surface area contributed by atoms with E-state index in [1.54, 1.807) is 0 Å². The summed E-state index contributed by atoms with van der Waals surface area (Å²) in [6.45, 7) is 3.92. The highest BCUT2D eigenvalue weighted by Gasteiger charge is 2.12. The lowest BCUT2D eigenvalue weighted by Gasteiger charge is -2.12. The fourth-order valence-electron chi connectivity index (χ4n) is 1.16. The number of carbonyl (C=O) groups is 1. The van der Waals surface area contributed by atoms with Crippen LogP contribution in [0.5, 0.6) is 0 Å². The molecular formula is C11H13Br2NO. The van der Waals surface area contributed by atoms with Gasteiger partial charge in [0.05, 0.1) is 5.56 Å². The van der Waals surface area contributed by atoms with Gasteiger partial charge in [-0.1, -0.05) is 28.1 Å². The van der Waals surface area contributed by atoms with Crippen molar-refractivity contribution in [3.05, 3.63) is 33.8 Å². The van der Waals surface area contributed by atoms with E-state index in [4.69, 9.17) is 0 Å². The molecule has 0 saturated carbocycles. The van der Waals surface area contributed by atoms with Gasteiger partial charge in [-0.2, -0.15) is 0 Å². The summed E-state index contributed by atoms with van der Waals surface area (Å²) in [4.78, 5) is 11.8. The molecule has 1 aromatic carbocycles. The molecule has 0 aliphatic carbocycles. The molecule has 2 nitrogen and oxygen atoms in total. The van der Waals surface area contributed by atoms with Crippen molar-refractivity contribution in [2.45, 2.75) is 19.9 Å². The lowest BCUT2D eigenvalue weighted by molar-refractivity contribution is 0.0943. The van der Waals surface area contributed by atoms with Gasteiger partial charge >= 0.3 is 0 Å². The molecule has 1 atom stereocenters. The Morgan fingerprint density at radius 1 is 1.53 bits per heavy atom. The molecule has 82 valence electrons. The van der Waals surface area contributed by atoms with Crippen molar-refractivity contribution in [3.8, 4) is 0 Å². The second-order valence-electron chi connectivity index (χ2n) is 3.47. The summed E-state index contributed by atoms with van der Waals surface area (Å²) >= 11 is 6.74. The van der Waals surface area contributed by atoms with Gasteiger partial charge in [0.2, 0.25) is 0 Å². The first-order chi connectivity index (χ1) is 7.06. The van der Waals surface area contributed by atoms with E-state index in [1.165, 1.54) is 0 Å². The number of halogens is 2. The molecule has 0 saturated heterocycles. The number of benzene rings is 1. The molecule has 15 heavy (non-hydrogen) atoms. The number of alkyl halides is 1. The molecule has 0 radical (unpaired) electrons. The van der Waals surface area contributed by atoms with E-state index in [1.807, 2.05) is 32.0 Å². The van der Waals surface area contributed by atoms with Crippen molar-refractivity contribution >= 4 is 37.8 Å². The highest BCUT2D eigenvalue weighted by Crippen LogP contribution is 2.20. The van der Waals surface area contributed by atoms with Crippen LogP contribution in [0, 0.1) is 6.92 Å². The summed E-state index contributed by atoms with van der Waals surface area (Å²) in [5.74, 6) is -0.0440. The number of hydrogen-bond donors (Lipinski definition) is 1. The molecule has 0 bridgehead atoms. The predicted octanol–water partition coefficient (Wildman–Crippen LogP) is 3.27. The smallest absolute Gasteiger partial charge is 0.252 e. The summed E-state index contributed by atoms with van der Waals surface area (Å²) in [6.07, 6.45) is 0. The monoisotopic (exact) mass is 333 g/mol. The highest BCUT2D eigenvalue weighted by molar-refractivity contribution is 9.10. The normalized spacial score (nSPS) is 12.3. The molecule has 1 unspecified atom stereocenters. The first-order valence-corrected chi connectivity index (χ1v) is 6.59. The van der Waals surface area contributed by atoms with Crippen molar-refractivity contribution in [2.24, 2.45) is 0 Å². The maximum Gasteiger partial charge on any atom is 0.252 e. The van der Waals surface area contributed by atoms with Crippen LogP contribution in [0.15, 0.2) is 22.7 Å². The standard InChI is InChI=1S/C11H13Br2NO/c1-7-4-3-5-9(10(7)13)11(15)14-8(2)6-12/h3-5,8H,6H2,1-2H3,(H,14,15). The molecule has 1 aromatic rings. The lowest BCUT2D eigenvalue weighted by Crippen LogP contribution is -2.33. The molecule has 1 amide bonds. The third-order valence-corrected chi connectivity index (χ3v) is 4.07. The molecule has 0 aliphatic heterocycles. The molecule has 0 aromatic heterocycles. The van der Waals surface area contributed by atoms with Crippen LogP contribution in [0.25, 0.3) is 0 Å². The van der Waals surface area contributed by atoms with Crippen molar-refractivity contribution in [2.75, 3.05) is 5.33 Å². The zero-order valence-corrected chi connectivity index (χ0v) is 11.9. The summed E-state index contributed by atoms with van der Waals surface area (Å²) < 4.78 is 0.865. The van der Waals surface area contributed by atoms with Crippen LogP contribution in [0.3, 0.4) is 0 Å². The molecule has 4 heteroatoms. The fraction of sp³-hybridized carbons (Fsp3) is 0.364. The van der Waals surface area contributed by atoms with Gasteiger partial charge in [0, 0.05) is 15.8 Å². The second-order valence-corrected chi connectivity index (χ2v) is 4.91. The predicted molar refractivity (Wildman–Crippen MR) is 69.6 cm³/mol. The molecular weight excluding hydrogens is 322 g/mol. The minimum atomic E-state index is -0.0440. The number of amides is 1. The molecule has 0 fully saturated rings. The van der Waals surface area contributed by atoms with Crippen LogP contribution >= 0.6 is 31.9 Å². The van der Waals surface area contributed by atoms with Crippen LogP contribution in [0.4, 0.5) is 0 Å². The molecule has 1 rings (SSSR count). The number of carbonyl (C=O) groups excluding carboxylic acids is 1. The van der Waals surface area contributed by atoms with Crippen molar-refractivity contribution < 1.29 is 4.79 Å². The van der Waals surface area contributed by atoms with Crippen LogP contribution < -0.4 is 5.32 Å². The van der Waals surface area contributed by atoms with E-state index in [0.717, 1.165) is 15.4 Å². The van der Waals surface area contributed by atoms with E-state index in [9.17, 15) is 4.79 Å². The van der Waals surface area contributed by atoms with Gasteiger partial charge in [-0.05, 0) is 41.4 Å². The Kier molecular flexibility index (Phi) is 4.80. The Balaban J connectivity index is 2.87. The fourth-order valence-corrected chi connectivity index (χ4v) is 1.77. The van der Waals surface area contributed by atoms with E-state index >= 15 is 0 Å². The highest BCUT2D eigenvalue weighted by atomic mass is 79.9. The summed E-state index contributed by atoms with van der Waals surface area (Å²) in [5.41, 5.74) is 1.75. The maximum absolute atomic E-state index is 11.8. The number of nitrogens with one attached hydrogen (secondary N) is 1. The average Bonchev–Trinajstić information content (AvgIpc) is 2.21. The third-order valence-electron chi connectivity index (χ3n) is 2.05. The third kappa shape index (κ3) is 3.31. The van der Waals surface area contributed by atoms with Gasteiger partial charge in [0.25, 0.3) is 5.91 Å². The Bertz CT molecular complexity index is 366.